The van der Waals surface area contributed by atoms with Gasteiger partial charge in [0.05, 0.1) is 24.2 Å². The molecule has 21 heavy (non-hydrogen) atoms. The van der Waals surface area contributed by atoms with Crippen LogP contribution in [0.5, 0.6) is 5.75 Å². The number of rotatable bonds is 3. The Kier molecular flexibility index (Phi) is 4.10. The van der Waals surface area contributed by atoms with Crippen LogP contribution < -0.4 is 10.5 Å². The van der Waals surface area contributed by atoms with Gasteiger partial charge in [-0.25, -0.2) is 0 Å². The Hall–Kier alpha value is -2.99. The van der Waals surface area contributed by atoms with Crippen LogP contribution in [-0.4, -0.2) is 12.6 Å². The van der Waals surface area contributed by atoms with E-state index in [4.69, 9.17) is 15.2 Å². The molecule has 0 unspecified atom stereocenters. The summed E-state index contributed by atoms with van der Waals surface area (Å²) in [7, 11) is 0. The van der Waals surface area contributed by atoms with Crippen molar-refractivity contribution in [1.29, 1.82) is 10.5 Å². The average molecular weight is 283 g/mol. The first kappa shape index (κ1) is 14.4. The molecule has 2 N–H and O–H groups in total. The quantitative estimate of drug-likeness (QED) is 0.843. The Morgan fingerprint density at radius 3 is 2.81 bits per heavy atom. The first-order valence-electron chi connectivity index (χ1n) is 6.36. The van der Waals surface area contributed by atoms with Crippen molar-refractivity contribution in [2.75, 3.05) is 6.61 Å². The van der Waals surface area contributed by atoms with E-state index in [0.29, 0.717) is 11.3 Å². The summed E-state index contributed by atoms with van der Waals surface area (Å²) in [5.41, 5.74) is 6.37. The molecule has 0 bridgehead atoms. The highest BCUT2D eigenvalue weighted by molar-refractivity contribution is 5.78. The third-order valence-corrected chi connectivity index (χ3v) is 3.18. The van der Waals surface area contributed by atoms with Crippen LogP contribution in [0.1, 0.15) is 18.4 Å². The molecule has 0 radical (unpaired) electrons. The summed E-state index contributed by atoms with van der Waals surface area (Å²) in [4.78, 5) is 12.0. The lowest BCUT2D eigenvalue weighted by atomic mass is 9.80. The Morgan fingerprint density at radius 2 is 2.19 bits per heavy atom. The van der Waals surface area contributed by atoms with E-state index < -0.39 is 17.8 Å². The zero-order valence-corrected chi connectivity index (χ0v) is 11.4. The number of carbonyl (C=O) groups is 1. The van der Waals surface area contributed by atoms with Gasteiger partial charge in [-0.2, -0.15) is 10.5 Å². The number of fused-ring (bicyclic) bond motifs is 1. The molecule has 1 aliphatic rings. The summed E-state index contributed by atoms with van der Waals surface area (Å²) < 4.78 is 10.3. The lowest BCUT2D eigenvalue weighted by Gasteiger charge is -2.27. The predicted molar refractivity (Wildman–Crippen MR) is 72.4 cm³/mol. The monoisotopic (exact) mass is 283 g/mol. The first-order valence-corrected chi connectivity index (χ1v) is 6.36. The van der Waals surface area contributed by atoms with Crippen LogP contribution in [0.25, 0.3) is 0 Å². The van der Waals surface area contributed by atoms with Gasteiger partial charge < -0.3 is 15.2 Å². The number of hydrogen-bond donors (Lipinski definition) is 1. The number of benzene rings is 1. The molecule has 6 nitrogen and oxygen atoms in total. The molecule has 0 fully saturated rings. The SMILES string of the molecule is CCOC(=O)[C@H](C#N)[C@@H]1C(C#N)=C(N)Oc2ccccc21. The van der Waals surface area contributed by atoms with Gasteiger partial charge in [0.15, 0.2) is 5.92 Å². The molecule has 1 aromatic carbocycles. The van der Waals surface area contributed by atoms with Gasteiger partial charge in [-0.1, -0.05) is 18.2 Å². The third-order valence-electron chi connectivity index (χ3n) is 3.18. The number of nitriles is 2. The standard InChI is InChI=1S/C15H13N3O3/c1-2-20-15(19)11(8-17)13-9-5-3-4-6-12(9)21-14(18)10(13)7-16/h3-6,11,13H,2,18H2,1H3/t11-,13+/m1/s1. The second-order valence-electron chi connectivity index (χ2n) is 4.37. The minimum Gasteiger partial charge on any atom is -0.465 e. The number of esters is 1. The summed E-state index contributed by atoms with van der Waals surface area (Å²) >= 11 is 0. The van der Waals surface area contributed by atoms with Gasteiger partial charge in [-0.3, -0.25) is 4.79 Å². The molecule has 0 saturated heterocycles. The topological polar surface area (TPSA) is 109 Å². The summed E-state index contributed by atoms with van der Waals surface area (Å²) in [5, 5.41) is 18.6. The van der Waals surface area contributed by atoms with Crippen molar-refractivity contribution >= 4 is 5.97 Å². The minimum absolute atomic E-state index is 0.0632. The maximum atomic E-state index is 12.0. The molecule has 0 aromatic heterocycles. The predicted octanol–water partition coefficient (Wildman–Crippen LogP) is 1.56. The van der Waals surface area contributed by atoms with Crippen molar-refractivity contribution in [3.05, 3.63) is 41.3 Å². The fourth-order valence-electron chi connectivity index (χ4n) is 2.28. The zero-order valence-electron chi connectivity index (χ0n) is 11.4. The first-order chi connectivity index (χ1) is 10.1. The Labute approximate surface area is 122 Å². The Bertz CT molecular complexity index is 682. The molecule has 0 saturated carbocycles. The Morgan fingerprint density at radius 1 is 1.48 bits per heavy atom. The number of nitrogens with zero attached hydrogens (tertiary/aromatic N) is 2. The van der Waals surface area contributed by atoms with Crippen molar-refractivity contribution in [1.82, 2.24) is 0 Å². The molecular formula is C15H13N3O3. The second-order valence-corrected chi connectivity index (χ2v) is 4.37. The largest absolute Gasteiger partial charge is 0.465 e. The van der Waals surface area contributed by atoms with Crippen molar-refractivity contribution in [2.45, 2.75) is 12.8 Å². The maximum absolute atomic E-state index is 12.0. The van der Waals surface area contributed by atoms with E-state index in [1.165, 1.54) is 0 Å². The summed E-state index contributed by atoms with van der Waals surface area (Å²) in [6.45, 7) is 1.81. The molecule has 0 aliphatic carbocycles. The Balaban J connectivity index is 2.56. The molecule has 1 heterocycles. The van der Waals surface area contributed by atoms with Crippen molar-refractivity contribution in [3.63, 3.8) is 0 Å². The van der Waals surface area contributed by atoms with Crippen LogP contribution in [0.2, 0.25) is 0 Å². The van der Waals surface area contributed by atoms with E-state index in [1.807, 2.05) is 12.1 Å². The van der Waals surface area contributed by atoms with E-state index >= 15 is 0 Å². The molecule has 2 rings (SSSR count). The van der Waals surface area contributed by atoms with E-state index in [1.54, 1.807) is 31.2 Å². The molecule has 2 atom stereocenters. The van der Waals surface area contributed by atoms with Gasteiger partial charge in [0.2, 0.25) is 5.88 Å². The molecular weight excluding hydrogens is 270 g/mol. The third kappa shape index (κ3) is 2.52. The second kappa shape index (κ2) is 5.98. The highest BCUT2D eigenvalue weighted by Gasteiger charge is 2.39. The molecule has 6 heteroatoms. The fourth-order valence-corrected chi connectivity index (χ4v) is 2.28. The maximum Gasteiger partial charge on any atom is 0.324 e. The average Bonchev–Trinajstić information content (AvgIpc) is 2.48. The normalized spacial score (nSPS) is 17.8. The van der Waals surface area contributed by atoms with Crippen molar-refractivity contribution < 1.29 is 14.3 Å². The van der Waals surface area contributed by atoms with Gasteiger partial charge in [0, 0.05) is 5.56 Å². The van der Waals surface area contributed by atoms with E-state index in [-0.39, 0.29) is 18.1 Å². The van der Waals surface area contributed by atoms with E-state index in [9.17, 15) is 15.3 Å². The van der Waals surface area contributed by atoms with Crippen LogP contribution in [0.4, 0.5) is 0 Å². The number of ether oxygens (including phenoxy) is 2. The lowest BCUT2D eigenvalue weighted by Crippen LogP contribution is -2.29. The number of allylic oxidation sites excluding steroid dienone is 1. The number of para-hydroxylation sites is 1. The van der Waals surface area contributed by atoms with Gasteiger partial charge in [-0.15, -0.1) is 0 Å². The van der Waals surface area contributed by atoms with Gasteiger partial charge in [0.1, 0.15) is 11.8 Å². The van der Waals surface area contributed by atoms with Crippen molar-refractivity contribution in [2.24, 2.45) is 11.7 Å². The van der Waals surface area contributed by atoms with Crippen LogP contribution in [0.15, 0.2) is 35.7 Å². The highest BCUT2D eigenvalue weighted by atomic mass is 16.5. The van der Waals surface area contributed by atoms with Crippen LogP contribution >= 0.6 is 0 Å². The van der Waals surface area contributed by atoms with Crippen LogP contribution in [-0.2, 0) is 9.53 Å². The number of hydrogen-bond acceptors (Lipinski definition) is 6. The summed E-state index contributed by atoms with van der Waals surface area (Å²) in [5.74, 6) is -2.27. The molecule has 1 aliphatic heterocycles. The summed E-state index contributed by atoms with van der Waals surface area (Å²) in [6.07, 6.45) is 0. The number of carbonyl (C=O) groups excluding carboxylic acids is 1. The van der Waals surface area contributed by atoms with E-state index in [0.717, 1.165) is 0 Å². The number of nitrogens with two attached hydrogens (primary N) is 1. The zero-order chi connectivity index (χ0) is 15.4. The van der Waals surface area contributed by atoms with Crippen LogP contribution in [0.3, 0.4) is 0 Å². The molecule has 0 amide bonds. The lowest BCUT2D eigenvalue weighted by molar-refractivity contribution is -0.146. The van der Waals surface area contributed by atoms with Gasteiger partial charge in [0.25, 0.3) is 0 Å². The van der Waals surface area contributed by atoms with Crippen LogP contribution in [0, 0.1) is 28.6 Å². The van der Waals surface area contributed by atoms with Gasteiger partial charge >= 0.3 is 5.97 Å². The molecule has 1 aromatic rings. The molecule has 106 valence electrons. The van der Waals surface area contributed by atoms with Crippen molar-refractivity contribution in [3.8, 4) is 17.9 Å². The summed E-state index contributed by atoms with van der Waals surface area (Å²) in [6, 6.07) is 10.7. The molecule has 0 spiro atoms. The minimum atomic E-state index is -1.15. The fraction of sp³-hybridized carbons (Fsp3) is 0.267. The van der Waals surface area contributed by atoms with Gasteiger partial charge in [-0.05, 0) is 13.0 Å². The highest BCUT2D eigenvalue weighted by Crippen LogP contribution is 2.42. The van der Waals surface area contributed by atoms with E-state index in [2.05, 4.69) is 0 Å². The smallest absolute Gasteiger partial charge is 0.324 e.